The van der Waals surface area contributed by atoms with Gasteiger partial charge in [0.25, 0.3) is 0 Å². The second-order valence-corrected chi connectivity index (χ2v) is 4.69. The number of carbonyl (C=O) groups excluding carboxylic acids is 2. The van der Waals surface area contributed by atoms with E-state index >= 15 is 0 Å². The van der Waals surface area contributed by atoms with Crippen molar-refractivity contribution in [2.24, 2.45) is 5.92 Å². The maximum atomic E-state index is 12.2. The summed E-state index contributed by atoms with van der Waals surface area (Å²) in [6.07, 6.45) is 1.04. The zero-order valence-corrected chi connectivity index (χ0v) is 12.1. The molecule has 2 amide bonds. The van der Waals surface area contributed by atoms with E-state index in [1.165, 1.54) is 6.92 Å². The quantitative estimate of drug-likeness (QED) is 0.678. The summed E-state index contributed by atoms with van der Waals surface area (Å²) in [5.74, 6) is 0.557. The van der Waals surface area contributed by atoms with Gasteiger partial charge in [0.15, 0.2) is 0 Å². The fourth-order valence-electron chi connectivity index (χ4n) is 1.53. The number of rotatable bonds is 7. The summed E-state index contributed by atoms with van der Waals surface area (Å²) >= 11 is 4.11. The molecule has 0 heterocycles. The summed E-state index contributed by atoms with van der Waals surface area (Å²) in [6, 6.07) is -0.514. The third-order valence-electron chi connectivity index (χ3n) is 2.78. The van der Waals surface area contributed by atoms with Crippen molar-refractivity contribution in [2.45, 2.75) is 40.2 Å². The lowest BCUT2D eigenvalue weighted by Crippen LogP contribution is -2.50. The van der Waals surface area contributed by atoms with E-state index in [0.717, 1.165) is 13.0 Å². The molecule has 2 unspecified atom stereocenters. The van der Waals surface area contributed by atoms with Crippen molar-refractivity contribution in [3.63, 3.8) is 0 Å². The summed E-state index contributed by atoms with van der Waals surface area (Å²) < 4.78 is 0. The Kier molecular flexibility index (Phi) is 8.04. The van der Waals surface area contributed by atoms with Gasteiger partial charge in [-0.05, 0) is 12.8 Å². The van der Waals surface area contributed by atoms with Gasteiger partial charge < -0.3 is 10.2 Å². The van der Waals surface area contributed by atoms with Gasteiger partial charge in [0, 0.05) is 25.8 Å². The minimum absolute atomic E-state index is 0.0435. The number of nitrogens with one attached hydrogen (secondary N) is 1. The van der Waals surface area contributed by atoms with Crippen molar-refractivity contribution >= 4 is 24.4 Å². The molecule has 0 aromatic heterocycles. The van der Waals surface area contributed by atoms with E-state index in [9.17, 15) is 9.59 Å². The number of thiol groups is 1. The van der Waals surface area contributed by atoms with Crippen LogP contribution in [0.3, 0.4) is 0 Å². The molecule has 5 heteroatoms. The van der Waals surface area contributed by atoms with Crippen molar-refractivity contribution in [3.8, 4) is 0 Å². The predicted octanol–water partition coefficient (Wildman–Crippen LogP) is 1.32. The lowest BCUT2D eigenvalue weighted by molar-refractivity contribution is -0.135. The van der Waals surface area contributed by atoms with Crippen LogP contribution in [0.5, 0.6) is 0 Å². The van der Waals surface area contributed by atoms with E-state index < -0.39 is 6.04 Å². The largest absolute Gasteiger partial charge is 0.344 e. The third-order valence-corrected chi connectivity index (χ3v) is 3.15. The highest BCUT2D eigenvalue weighted by Crippen LogP contribution is 2.06. The van der Waals surface area contributed by atoms with Crippen molar-refractivity contribution in [3.05, 3.63) is 0 Å². The van der Waals surface area contributed by atoms with Gasteiger partial charge >= 0.3 is 0 Å². The van der Waals surface area contributed by atoms with Gasteiger partial charge in [-0.1, -0.05) is 20.3 Å². The minimum Gasteiger partial charge on any atom is -0.344 e. The first-order chi connectivity index (χ1) is 7.96. The van der Waals surface area contributed by atoms with Gasteiger partial charge in [0.1, 0.15) is 6.04 Å². The van der Waals surface area contributed by atoms with Crippen LogP contribution in [-0.4, -0.2) is 41.6 Å². The van der Waals surface area contributed by atoms with Crippen molar-refractivity contribution in [2.75, 3.05) is 18.8 Å². The molecule has 4 nitrogen and oxygen atoms in total. The molecule has 17 heavy (non-hydrogen) atoms. The number of nitrogens with zero attached hydrogens (tertiary/aromatic N) is 1. The highest BCUT2D eigenvalue weighted by Gasteiger charge is 2.23. The van der Waals surface area contributed by atoms with E-state index in [1.807, 2.05) is 6.92 Å². The second-order valence-electron chi connectivity index (χ2n) is 4.33. The first-order valence-electron chi connectivity index (χ1n) is 6.12. The molecule has 0 radical (unpaired) electrons. The molecular weight excluding hydrogens is 236 g/mol. The Labute approximate surface area is 110 Å². The summed E-state index contributed by atoms with van der Waals surface area (Å²) in [5.41, 5.74) is 0. The summed E-state index contributed by atoms with van der Waals surface area (Å²) in [6.45, 7) is 8.97. The minimum atomic E-state index is -0.514. The number of likely N-dealkylation sites (N-methyl/N-ethyl adjacent to an activating group) is 1. The van der Waals surface area contributed by atoms with Gasteiger partial charge in [0.2, 0.25) is 11.8 Å². The van der Waals surface area contributed by atoms with Gasteiger partial charge in [-0.25, -0.2) is 0 Å². The molecule has 0 saturated heterocycles. The van der Waals surface area contributed by atoms with Crippen LogP contribution in [0, 0.1) is 5.92 Å². The van der Waals surface area contributed by atoms with Crippen LogP contribution in [0.15, 0.2) is 0 Å². The molecule has 0 aliphatic carbocycles. The highest BCUT2D eigenvalue weighted by atomic mass is 32.1. The van der Waals surface area contributed by atoms with Crippen molar-refractivity contribution in [1.82, 2.24) is 10.2 Å². The van der Waals surface area contributed by atoms with Crippen LogP contribution in [0.1, 0.15) is 34.1 Å². The van der Waals surface area contributed by atoms with Gasteiger partial charge in [0.05, 0.1) is 0 Å². The van der Waals surface area contributed by atoms with Gasteiger partial charge in [-0.2, -0.15) is 12.6 Å². The van der Waals surface area contributed by atoms with E-state index in [1.54, 1.807) is 4.90 Å². The van der Waals surface area contributed by atoms with E-state index in [2.05, 4.69) is 31.8 Å². The SMILES string of the molecule is CCC(C)CN(CC)C(=O)C(CS)NC(C)=O. The maximum Gasteiger partial charge on any atom is 0.245 e. The maximum absolute atomic E-state index is 12.2. The van der Waals surface area contributed by atoms with E-state index in [0.29, 0.717) is 18.2 Å². The van der Waals surface area contributed by atoms with Crippen molar-refractivity contribution < 1.29 is 9.59 Å². The Morgan fingerprint density at radius 3 is 2.29 bits per heavy atom. The van der Waals surface area contributed by atoms with Gasteiger partial charge in [-0.3, -0.25) is 9.59 Å². The fourth-order valence-corrected chi connectivity index (χ4v) is 1.78. The molecule has 0 saturated carbocycles. The Bertz CT molecular complexity index is 259. The molecular formula is C12H24N2O2S. The van der Waals surface area contributed by atoms with Crippen LogP contribution in [0.25, 0.3) is 0 Å². The van der Waals surface area contributed by atoms with Crippen LogP contribution >= 0.6 is 12.6 Å². The normalized spacial score (nSPS) is 13.9. The monoisotopic (exact) mass is 260 g/mol. The zero-order chi connectivity index (χ0) is 13.4. The van der Waals surface area contributed by atoms with Crippen molar-refractivity contribution in [1.29, 1.82) is 0 Å². The standard InChI is InChI=1S/C12H24N2O2S/c1-5-9(3)7-14(6-2)12(16)11(8-17)13-10(4)15/h9,11,17H,5-8H2,1-4H3,(H,13,15). The smallest absolute Gasteiger partial charge is 0.245 e. The number of hydrogen-bond donors (Lipinski definition) is 2. The molecule has 2 atom stereocenters. The van der Waals surface area contributed by atoms with Crippen LogP contribution in [0.2, 0.25) is 0 Å². The number of hydrogen-bond acceptors (Lipinski definition) is 3. The first kappa shape index (κ1) is 16.3. The van der Waals surface area contributed by atoms with Crippen LogP contribution in [-0.2, 0) is 9.59 Å². The van der Waals surface area contributed by atoms with E-state index in [4.69, 9.17) is 0 Å². The Balaban J connectivity index is 4.53. The summed E-state index contributed by atoms with van der Waals surface area (Å²) in [5, 5.41) is 2.63. The topological polar surface area (TPSA) is 49.4 Å². The zero-order valence-electron chi connectivity index (χ0n) is 11.2. The van der Waals surface area contributed by atoms with Gasteiger partial charge in [-0.15, -0.1) is 0 Å². The van der Waals surface area contributed by atoms with Crippen LogP contribution < -0.4 is 5.32 Å². The molecule has 0 rings (SSSR count). The summed E-state index contributed by atoms with van der Waals surface area (Å²) in [7, 11) is 0. The lowest BCUT2D eigenvalue weighted by atomic mass is 10.1. The molecule has 0 aromatic rings. The molecule has 0 aliphatic rings. The van der Waals surface area contributed by atoms with E-state index in [-0.39, 0.29) is 11.8 Å². The molecule has 0 bridgehead atoms. The lowest BCUT2D eigenvalue weighted by Gasteiger charge is -2.28. The second kappa shape index (κ2) is 8.39. The third kappa shape index (κ3) is 5.96. The average Bonchev–Trinajstić information content (AvgIpc) is 2.31. The number of carbonyl (C=O) groups is 2. The Morgan fingerprint density at radius 1 is 1.35 bits per heavy atom. The molecule has 0 aliphatic heterocycles. The average molecular weight is 260 g/mol. The predicted molar refractivity (Wildman–Crippen MR) is 73.2 cm³/mol. The number of amides is 2. The summed E-state index contributed by atoms with van der Waals surface area (Å²) in [4.78, 5) is 24.9. The Morgan fingerprint density at radius 2 is 1.94 bits per heavy atom. The fraction of sp³-hybridized carbons (Fsp3) is 0.833. The molecule has 0 fully saturated rings. The molecule has 0 aromatic carbocycles. The molecule has 100 valence electrons. The Hall–Kier alpha value is -0.710. The molecule has 0 spiro atoms. The highest BCUT2D eigenvalue weighted by molar-refractivity contribution is 7.80. The first-order valence-corrected chi connectivity index (χ1v) is 6.76. The molecule has 1 N–H and O–H groups in total. The van der Waals surface area contributed by atoms with Crippen LogP contribution in [0.4, 0.5) is 0 Å².